The van der Waals surface area contributed by atoms with Crippen molar-refractivity contribution in [1.82, 2.24) is 0 Å². The van der Waals surface area contributed by atoms with Gasteiger partial charge in [0.1, 0.15) is 0 Å². The zero-order chi connectivity index (χ0) is 20.0. The summed E-state index contributed by atoms with van der Waals surface area (Å²) in [5.74, 6) is 3.32. The van der Waals surface area contributed by atoms with Crippen molar-refractivity contribution in [2.45, 2.75) is 103 Å². The van der Waals surface area contributed by atoms with Gasteiger partial charge in [0.05, 0.1) is 18.8 Å². The monoisotopic (exact) mass is 400 g/mol. The molecule has 0 radical (unpaired) electrons. The molecule has 0 unspecified atom stereocenters. The highest BCUT2D eigenvalue weighted by Crippen LogP contribution is 2.70. The topological polar surface area (TPSA) is 38.7 Å². The maximum absolute atomic E-state index is 10.2. The van der Waals surface area contributed by atoms with Crippen LogP contribution in [0, 0.1) is 40.4 Å². The Morgan fingerprint density at radius 3 is 2.72 bits per heavy atom. The number of ether oxygens (including phenoxy) is 2. The van der Waals surface area contributed by atoms with Gasteiger partial charge in [-0.3, -0.25) is 0 Å². The Labute approximate surface area is 176 Å². The zero-order valence-corrected chi connectivity index (χ0v) is 18.7. The van der Waals surface area contributed by atoms with E-state index in [2.05, 4.69) is 26.8 Å². The van der Waals surface area contributed by atoms with Crippen molar-refractivity contribution >= 4 is 0 Å². The Kier molecular flexibility index (Phi) is 4.21. The van der Waals surface area contributed by atoms with Crippen LogP contribution in [0.25, 0.3) is 0 Å². The highest BCUT2D eigenvalue weighted by molar-refractivity contribution is 5.26. The smallest absolute Gasteiger partial charge is 0.171 e. The molecule has 5 fully saturated rings. The van der Waals surface area contributed by atoms with Gasteiger partial charge >= 0.3 is 0 Å². The summed E-state index contributed by atoms with van der Waals surface area (Å²) in [6.45, 7) is 8.47. The molecule has 1 spiro atoms. The largest absolute Gasteiger partial charge is 0.393 e. The number of hydrogen-bond acceptors (Lipinski definition) is 3. The standard InChI is InChI=1S/C26H40O3/c1-16-23-22(29-26(16)10-4-5-13-28-26)15-21-19-7-6-17-14-18(27)8-11-24(17,2)20(19)9-12-25(21,23)3/h6,16,18-23,27H,4-5,7-15H2,1-3H3/t16-,18-,19-,20+,21+,22+,23+,24-,25-,26-/m0/s1. The highest BCUT2D eigenvalue weighted by Gasteiger charge is 2.68. The van der Waals surface area contributed by atoms with E-state index in [4.69, 9.17) is 9.47 Å². The minimum atomic E-state index is -0.274. The molecule has 4 aliphatic carbocycles. The summed E-state index contributed by atoms with van der Waals surface area (Å²) in [6.07, 6.45) is 14.7. The van der Waals surface area contributed by atoms with Crippen molar-refractivity contribution in [3.8, 4) is 0 Å². The zero-order valence-electron chi connectivity index (χ0n) is 18.7. The van der Waals surface area contributed by atoms with Crippen molar-refractivity contribution in [1.29, 1.82) is 0 Å². The van der Waals surface area contributed by atoms with Crippen LogP contribution in [0.5, 0.6) is 0 Å². The molecule has 10 atom stereocenters. The van der Waals surface area contributed by atoms with Gasteiger partial charge in [0.2, 0.25) is 0 Å². The van der Waals surface area contributed by atoms with Crippen LogP contribution >= 0.6 is 0 Å². The van der Waals surface area contributed by atoms with Crippen LogP contribution < -0.4 is 0 Å². The van der Waals surface area contributed by atoms with Gasteiger partial charge in [-0.1, -0.05) is 32.4 Å². The van der Waals surface area contributed by atoms with Crippen LogP contribution in [0.4, 0.5) is 0 Å². The van der Waals surface area contributed by atoms with E-state index in [1.807, 2.05) is 0 Å². The summed E-state index contributed by atoms with van der Waals surface area (Å²) < 4.78 is 13.2. The van der Waals surface area contributed by atoms with Gasteiger partial charge in [0, 0.05) is 12.3 Å². The minimum Gasteiger partial charge on any atom is -0.393 e. The van der Waals surface area contributed by atoms with Gasteiger partial charge in [-0.25, -0.2) is 0 Å². The molecule has 2 aliphatic heterocycles. The average Bonchev–Trinajstić information content (AvgIpc) is 3.14. The number of aliphatic hydroxyl groups is 1. The van der Waals surface area contributed by atoms with E-state index >= 15 is 0 Å². The maximum Gasteiger partial charge on any atom is 0.171 e. The third-order valence-electron chi connectivity index (χ3n) is 11.0. The number of hydrogen-bond donors (Lipinski definition) is 1. The predicted molar refractivity (Wildman–Crippen MR) is 113 cm³/mol. The fourth-order valence-corrected chi connectivity index (χ4v) is 9.56. The van der Waals surface area contributed by atoms with Crippen molar-refractivity contribution in [2.75, 3.05) is 6.61 Å². The van der Waals surface area contributed by atoms with Crippen molar-refractivity contribution in [2.24, 2.45) is 40.4 Å². The normalized spacial score (nSPS) is 58.9. The third kappa shape index (κ3) is 2.47. The molecule has 3 heteroatoms. The van der Waals surface area contributed by atoms with Gasteiger partial charge < -0.3 is 14.6 Å². The molecule has 3 saturated carbocycles. The summed E-state index contributed by atoms with van der Waals surface area (Å²) in [7, 11) is 0. The number of allylic oxidation sites excluding steroid dienone is 1. The van der Waals surface area contributed by atoms with Crippen LogP contribution in [0.2, 0.25) is 0 Å². The van der Waals surface area contributed by atoms with Gasteiger partial charge in [0.25, 0.3) is 0 Å². The Morgan fingerprint density at radius 2 is 1.93 bits per heavy atom. The molecule has 1 N–H and O–H groups in total. The molecular weight excluding hydrogens is 360 g/mol. The Morgan fingerprint density at radius 1 is 1.07 bits per heavy atom. The first-order valence-electron chi connectivity index (χ1n) is 12.6. The first-order valence-corrected chi connectivity index (χ1v) is 12.6. The molecule has 6 aliphatic rings. The summed E-state index contributed by atoms with van der Waals surface area (Å²) in [5.41, 5.74) is 2.32. The number of aliphatic hydroxyl groups excluding tert-OH is 1. The molecule has 0 aromatic rings. The lowest BCUT2D eigenvalue weighted by atomic mass is 9.47. The summed E-state index contributed by atoms with van der Waals surface area (Å²) >= 11 is 0. The Balaban J connectivity index is 1.30. The SMILES string of the molecule is C[C@H]1[C@@H]2[C@@H](C[C@@H]3[C@H]4CC=C5C[C@@H](O)CC[C@]5(C)[C@@H]4CC[C@]23C)O[C@@]12CCCCO2. The molecule has 2 saturated heterocycles. The summed E-state index contributed by atoms with van der Waals surface area (Å²) in [5, 5.41) is 10.2. The van der Waals surface area contributed by atoms with E-state index in [1.165, 1.54) is 44.9 Å². The second-order valence-corrected chi connectivity index (χ2v) is 12.0. The molecule has 29 heavy (non-hydrogen) atoms. The molecule has 0 aromatic heterocycles. The average molecular weight is 401 g/mol. The molecule has 0 amide bonds. The van der Waals surface area contributed by atoms with E-state index in [9.17, 15) is 5.11 Å². The van der Waals surface area contributed by atoms with E-state index in [-0.39, 0.29) is 11.9 Å². The molecule has 6 rings (SSSR count). The maximum atomic E-state index is 10.2. The first-order chi connectivity index (χ1) is 13.9. The molecule has 162 valence electrons. The lowest BCUT2D eigenvalue weighted by Crippen LogP contribution is -2.52. The van der Waals surface area contributed by atoms with E-state index in [1.54, 1.807) is 5.57 Å². The summed E-state index contributed by atoms with van der Waals surface area (Å²) in [4.78, 5) is 0. The lowest BCUT2D eigenvalue weighted by Gasteiger charge is -2.58. The van der Waals surface area contributed by atoms with Crippen LogP contribution in [0.3, 0.4) is 0 Å². The van der Waals surface area contributed by atoms with Crippen LogP contribution in [0.15, 0.2) is 11.6 Å². The predicted octanol–water partition coefficient (Wildman–Crippen LogP) is 5.47. The second kappa shape index (κ2) is 6.33. The minimum absolute atomic E-state index is 0.105. The fourth-order valence-electron chi connectivity index (χ4n) is 9.56. The number of fused-ring (bicyclic) bond motifs is 7. The van der Waals surface area contributed by atoms with Gasteiger partial charge in [-0.15, -0.1) is 0 Å². The van der Waals surface area contributed by atoms with Crippen molar-refractivity contribution in [3.63, 3.8) is 0 Å². The van der Waals surface area contributed by atoms with E-state index in [0.717, 1.165) is 43.6 Å². The second-order valence-electron chi connectivity index (χ2n) is 12.0. The molecule has 3 nitrogen and oxygen atoms in total. The van der Waals surface area contributed by atoms with Crippen LogP contribution in [0.1, 0.15) is 85.0 Å². The van der Waals surface area contributed by atoms with Crippen molar-refractivity contribution < 1.29 is 14.6 Å². The number of rotatable bonds is 0. The fraction of sp³-hybridized carbons (Fsp3) is 0.923. The highest BCUT2D eigenvalue weighted by atomic mass is 16.7. The Bertz CT molecular complexity index is 709. The third-order valence-corrected chi connectivity index (χ3v) is 11.0. The van der Waals surface area contributed by atoms with Crippen LogP contribution in [-0.4, -0.2) is 29.7 Å². The molecular formula is C26H40O3. The van der Waals surface area contributed by atoms with Crippen molar-refractivity contribution in [3.05, 3.63) is 11.6 Å². The molecule has 2 heterocycles. The lowest BCUT2D eigenvalue weighted by molar-refractivity contribution is -0.264. The molecule has 0 bridgehead atoms. The first kappa shape index (κ1) is 19.3. The van der Waals surface area contributed by atoms with Gasteiger partial charge in [-0.2, -0.15) is 0 Å². The van der Waals surface area contributed by atoms with Gasteiger partial charge in [0.15, 0.2) is 5.79 Å². The van der Waals surface area contributed by atoms with Gasteiger partial charge in [-0.05, 0) is 92.3 Å². The van der Waals surface area contributed by atoms with E-state index < -0.39 is 0 Å². The quantitative estimate of drug-likeness (QED) is 0.548. The summed E-state index contributed by atoms with van der Waals surface area (Å²) in [6, 6.07) is 0. The molecule has 0 aromatic carbocycles. The van der Waals surface area contributed by atoms with Crippen LogP contribution in [-0.2, 0) is 9.47 Å². The van der Waals surface area contributed by atoms with E-state index in [0.29, 0.717) is 28.8 Å². The Hall–Kier alpha value is -0.380.